The molecule has 0 saturated heterocycles. The number of alkyl halides is 3. The molecule has 0 bridgehead atoms. The SMILES string of the molecule is Nc1cnc(-n2cc(C(F)(F)F)cn2)cn1. The Morgan fingerprint density at radius 3 is 2.38 bits per heavy atom. The van der Waals surface area contributed by atoms with Crippen molar-refractivity contribution in [1.82, 2.24) is 19.7 Å². The van der Waals surface area contributed by atoms with Crippen molar-refractivity contribution < 1.29 is 13.2 Å². The molecule has 0 aliphatic rings. The number of aromatic nitrogens is 4. The first-order valence-electron chi connectivity index (χ1n) is 4.16. The van der Waals surface area contributed by atoms with Gasteiger partial charge in [-0.1, -0.05) is 0 Å². The van der Waals surface area contributed by atoms with Crippen molar-refractivity contribution in [2.24, 2.45) is 0 Å². The quantitative estimate of drug-likeness (QED) is 0.799. The number of nitrogens with two attached hydrogens (primary N) is 1. The summed E-state index contributed by atoms with van der Waals surface area (Å²) in [5, 5.41) is 3.54. The van der Waals surface area contributed by atoms with E-state index < -0.39 is 11.7 Å². The van der Waals surface area contributed by atoms with Crippen LogP contribution in [0.3, 0.4) is 0 Å². The molecule has 0 radical (unpaired) electrons. The lowest BCUT2D eigenvalue weighted by Crippen LogP contribution is -2.03. The summed E-state index contributed by atoms with van der Waals surface area (Å²) in [4.78, 5) is 7.49. The highest BCUT2D eigenvalue weighted by Crippen LogP contribution is 2.28. The Labute approximate surface area is 87.7 Å². The van der Waals surface area contributed by atoms with Crippen molar-refractivity contribution in [3.05, 3.63) is 30.4 Å². The van der Waals surface area contributed by atoms with Crippen LogP contribution in [-0.2, 0) is 6.18 Å². The summed E-state index contributed by atoms with van der Waals surface area (Å²) in [5.41, 5.74) is 4.45. The summed E-state index contributed by atoms with van der Waals surface area (Å²) in [5.74, 6) is 0.358. The van der Waals surface area contributed by atoms with Crippen LogP contribution in [0.5, 0.6) is 0 Å². The molecule has 0 aromatic carbocycles. The third-order valence-corrected chi connectivity index (χ3v) is 1.80. The summed E-state index contributed by atoms with van der Waals surface area (Å²) in [6.07, 6.45) is -0.384. The minimum atomic E-state index is -4.42. The molecule has 0 unspecified atom stereocenters. The predicted molar refractivity (Wildman–Crippen MR) is 48.6 cm³/mol. The van der Waals surface area contributed by atoms with E-state index in [9.17, 15) is 13.2 Å². The van der Waals surface area contributed by atoms with Crippen LogP contribution in [-0.4, -0.2) is 19.7 Å². The third kappa shape index (κ3) is 1.95. The number of rotatable bonds is 1. The molecule has 2 aromatic rings. The zero-order valence-electron chi connectivity index (χ0n) is 7.81. The fourth-order valence-corrected chi connectivity index (χ4v) is 1.04. The Morgan fingerprint density at radius 2 is 1.88 bits per heavy atom. The van der Waals surface area contributed by atoms with Gasteiger partial charge in [0.1, 0.15) is 5.82 Å². The van der Waals surface area contributed by atoms with Crippen molar-refractivity contribution in [1.29, 1.82) is 0 Å². The third-order valence-electron chi connectivity index (χ3n) is 1.80. The van der Waals surface area contributed by atoms with E-state index >= 15 is 0 Å². The first-order valence-corrected chi connectivity index (χ1v) is 4.16. The van der Waals surface area contributed by atoms with Gasteiger partial charge in [0.05, 0.1) is 24.2 Å². The van der Waals surface area contributed by atoms with E-state index in [0.29, 0.717) is 0 Å². The fourth-order valence-electron chi connectivity index (χ4n) is 1.04. The molecule has 0 fully saturated rings. The Morgan fingerprint density at radius 1 is 1.12 bits per heavy atom. The first kappa shape index (κ1) is 10.4. The molecule has 2 rings (SSSR count). The van der Waals surface area contributed by atoms with Gasteiger partial charge in [0.2, 0.25) is 0 Å². The molecule has 2 heterocycles. The second-order valence-corrected chi connectivity index (χ2v) is 2.97. The maximum Gasteiger partial charge on any atom is 0.419 e. The normalized spacial score (nSPS) is 11.7. The maximum absolute atomic E-state index is 12.3. The summed E-state index contributed by atoms with van der Waals surface area (Å²) in [6.45, 7) is 0. The van der Waals surface area contributed by atoms with Gasteiger partial charge in [0, 0.05) is 6.20 Å². The van der Waals surface area contributed by atoms with E-state index in [2.05, 4.69) is 15.1 Å². The van der Waals surface area contributed by atoms with Crippen LogP contribution in [0.15, 0.2) is 24.8 Å². The summed E-state index contributed by atoms with van der Waals surface area (Å²) in [7, 11) is 0. The fraction of sp³-hybridized carbons (Fsp3) is 0.125. The van der Waals surface area contributed by atoms with Gasteiger partial charge in [-0.2, -0.15) is 18.3 Å². The zero-order chi connectivity index (χ0) is 11.8. The minimum absolute atomic E-state index is 0.171. The second-order valence-electron chi connectivity index (χ2n) is 2.97. The van der Waals surface area contributed by atoms with Gasteiger partial charge in [-0.15, -0.1) is 0 Å². The lowest BCUT2D eigenvalue weighted by Gasteiger charge is -2.01. The molecule has 16 heavy (non-hydrogen) atoms. The molecule has 2 aromatic heterocycles. The lowest BCUT2D eigenvalue weighted by atomic mass is 10.4. The summed E-state index contributed by atoms with van der Waals surface area (Å²) in [6, 6.07) is 0. The molecule has 84 valence electrons. The zero-order valence-corrected chi connectivity index (χ0v) is 7.81. The highest BCUT2D eigenvalue weighted by molar-refractivity contribution is 5.28. The number of halogens is 3. The van der Waals surface area contributed by atoms with Crippen molar-refractivity contribution >= 4 is 5.82 Å². The van der Waals surface area contributed by atoms with Crippen LogP contribution >= 0.6 is 0 Å². The Balaban J connectivity index is 2.35. The van der Waals surface area contributed by atoms with Gasteiger partial charge in [-0.3, -0.25) is 0 Å². The van der Waals surface area contributed by atoms with Gasteiger partial charge in [-0.05, 0) is 0 Å². The van der Waals surface area contributed by atoms with Crippen LogP contribution < -0.4 is 5.73 Å². The number of hydrogen-bond acceptors (Lipinski definition) is 4. The Kier molecular flexibility index (Phi) is 2.26. The average Bonchev–Trinajstić information content (AvgIpc) is 2.67. The topological polar surface area (TPSA) is 69.6 Å². The molecule has 5 nitrogen and oxygen atoms in total. The van der Waals surface area contributed by atoms with Crippen molar-refractivity contribution in [2.75, 3.05) is 5.73 Å². The molecule has 8 heteroatoms. The van der Waals surface area contributed by atoms with E-state index in [4.69, 9.17) is 5.73 Å². The van der Waals surface area contributed by atoms with E-state index in [-0.39, 0.29) is 11.6 Å². The average molecular weight is 229 g/mol. The van der Waals surface area contributed by atoms with Crippen LogP contribution in [0, 0.1) is 0 Å². The highest BCUT2D eigenvalue weighted by atomic mass is 19.4. The van der Waals surface area contributed by atoms with Gasteiger partial charge in [0.15, 0.2) is 5.82 Å². The van der Waals surface area contributed by atoms with E-state index in [0.717, 1.165) is 17.1 Å². The molecular formula is C8H6F3N5. The lowest BCUT2D eigenvalue weighted by molar-refractivity contribution is -0.137. The van der Waals surface area contributed by atoms with E-state index in [1.807, 2.05) is 0 Å². The monoisotopic (exact) mass is 229 g/mol. The van der Waals surface area contributed by atoms with Crippen molar-refractivity contribution in [2.45, 2.75) is 6.18 Å². The van der Waals surface area contributed by atoms with Gasteiger partial charge >= 0.3 is 6.18 Å². The van der Waals surface area contributed by atoms with E-state index in [1.54, 1.807) is 0 Å². The maximum atomic E-state index is 12.3. The molecular weight excluding hydrogens is 223 g/mol. The van der Waals surface area contributed by atoms with Gasteiger partial charge < -0.3 is 5.73 Å². The Bertz CT molecular complexity index is 487. The summed E-state index contributed by atoms with van der Waals surface area (Å²) >= 11 is 0. The van der Waals surface area contributed by atoms with Gasteiger partial charge in [-0.25, -0.2) is 14.6 Å². The van der Waals surface area contributed by atoms with Crippen LogP contribution in [0.4, 0.5) is 19.0 Å². The standard InChI is InChI=1S/C8H6F3N5/c9-8(10,11)5-1-15-16(4-5)7-3-13-6(12)2-14-7/h1-4H,(H2,12,13). The molecule has 0 aliphatic heterocycles. The number of nitrogen functional groups attached to an aromatic ring is 1. The van der Waals surface area contributed by atoms with Crippen LogP contribution in [0.25, 0.3) is 5.82 Å². The van der Waals surface area contributed by atoms with Gasteiger partial charge in [0.25, 0.3) is 0 Å². The van der Waals surface area contributed by atoms with Crippen molar-refractivity contribution in [3.63, 3.8) is 0 Å². The molecule has 0 atom stereocenters. The van der Waals surface area contributed by atoms with Crippen LogP contribution in [0.1, 0.15) is 5.56 Å². The van der Waals surface area contributed by atoms with Crippen LogP contribution in [0.2, 0.25) is 0 Å². The smallest absolute Gasteiger partial charge is 0.382 e. The first-order chi connectivity index (χ1) is 7.47. The number of nitrogens with zero attached hydrogens (tertiary/aromatic N) is 4. The van der Waals surface area contributed by atoms with Crippen molar-refractivity contribution in [3.8, 4) is 5.82 Å². The Hall–Kier alpha value is -2.12. The minimum Gasteiger partial charge on any atom is -0.382 e. The second kappa shape index (κ2) is 3.47. The molecule has 2 N–H and O–H groups in total. The summed E-state index contributed by atoms with van der Waals surface area (Å²) < 4.78 is 37.8. The van der Waals surface area contributed by atoms with E-state index in [1.165, 1.54) is 12.4 Å². The molecule has 0 spiro atoms. The molecule has 0 saturated carbocycles. The molecule has 0 amide bonds. The number of hydrogen-bond donors (Lipinski definition) is 1. The predicted octanol–water partition coefficient (Wildman–Crippen LogP) is 1.26. The number of anilines is 1. The largest absolute Gasteiger partial charge is 0.419 e. The highest BCUT2D eigenvalue weighted by Gasteiger charge is 2.32. The molecule has 0 aliphatic carbocycles.